The first-order valence-corrected chi connectivity index (χ1v) is 6.35. The van der Waals surface area contributed by atoms with Crippen LogP contribution < -0.4 is 16.2 Å². The average molecular weight is 270 g/mol. The first kappa shape index (κ1) is 13.9. The third-order valence-electron chi connectivity index (χ3n) is 3.17. The van der Waals surface area contributed by atoms with Gasteiger partial charge in [-0.15, -0.1) is 0 Å². The number of nitrogens with two attached hydrogens (primary N) is 2. The molecule has 0 radical (unpaired) electrons. The van der Waals surface area contributed by atoms with Crippen LogP contribution in [0, 0.1) is 13.8 Å². The van der Waals surface area contributed by atoms with Crippen molar-refractivity contribution >= 4 is 11.6 Å². The van der Waals surface area contributed by atoms with Gasteiger partial charge in [0.1, 0.15) is 12.4 Å². The summed E-state index contributed by atoms with van der Waals surface area (Å²) in [6, 6.07) is 10.9. The smallest absolute Gasteiger partial charge is 0.248 e. The first-order chi connectivity index (χ1) is 9.47. The van der Waals surface area contributed by atoms with Gasteiger partial charge in [0.25, 0.3) is 0 Å². The minimum atomic E-state index is -0.442. The van der Waals surface area contributed by atoms with Gasteiger partial charge in [-0.25, -0.2) is 0 Å². The molecule has 104 valence electrons. The van der Waals surface area contributed by atoms with Crippen LogP contribution >= 0.6 is 0 Å². The molecular weight excluding hydrogens is 252 g/mol. The summed E-state index contributed by atoms with van der Waals surface area (Å²) in [7, 11) is 0. The number of aryl methyl sites for hydroxylation is 2. The van der Waals surface area contributed by atoms with Crippen molar-refractivity contribution in [2.75, 3.05) is 5.73 Å². The summed E-state index contributed by atoms with van der Waals surface area (Å²) in [6.45, 7) is 4.30. The highest BCUT2D eigenvalue weighted by atomic mass is 16.5. The number of carbonyl (C=O) groups is 1. The lowest BCUT2D eigenvalue weighted by atomic mass is 10.1. The second-order valence-electron chi connectivity index (χ2n) is 4.83. The van der Waals surface area contributed by atoms with E-state index in [0.717, 1.165) is 22.4 Å². The minimum absolute atomic E-state index is 0.366. The largest absolute Gasteiger partial charge is 0.489 e. The minimum Gasteiger partial charge on any atom is -0.489 e. The molecule has 0 atom stereocenters. The molecule has 20 heavy (non-hydrogen) atoms. The Labute approximate surface area is 118 Å². The van der Waals surface area contributed by atoms with Crippen LogP contribution in [0.2, 0.25) is 0 Å². The monoisotopic (exact) mass is 270 g/mol. The van der Waals surface area contributed by atoms with E-state index in [9.17, 15) is 4.79 Å². The number of rotatable bonds is 4. The van der Waals surface area contributed by atoms with Crippen molar-refractivity contribution in [2.24, 2.45) is 5.73 Å². The Morgan fingerprint density at radius 3 is 2.60 bits per heavy atom. The molecule has 2 aromatic rings. The highest BCUT2D eigenvalue weighted by Crippen LogP contribution is 2.25. The van der Waals surface area contributed by atoms with E-state index in [1.807, 2.05) is 32.0 Å². The third kappa shape index (κ3) is 3.09. The maximum Gasteiger partial charge on any atom is 0.248 e. The Morgan fingerprint density at radius 2 is 1.90 bits per heavy atom. The van der Waals surface area contributed by atoms with Gasteiger partial charge in [-0.3, -0.25) is 4.79 Å². The second kappa shape index (κ2) is 5.65. The van der Waals surface area contributed by atoms with Gasteiger partial charge in [-0.2, -0.15) is 0 Å². The summed E-state index contributed by atoms with van der Waals surface area (Å²) < 4.78 is 5.76. The molecule has 0 saturated heterocycles. The zero-order valence-corrected chi connectivity index (χ0v) is 11.6. The van der Waals surface area contributed by atoms with Gasteiger partial charge in [-0.05, 0) is 42.7 Å². The van der Waals surface area contributed by atoms with Crippen LogP contribution in [0.3, 0.4) is 0 Å². The fraction of sp³-hybridized carbons (Fsp3) is 0.188. The van der Waals surface area contributed by atoms with Crippen molar-refractivity contribution in [1.82, 2.24) is 0 Å². The molecule has 0 aliphatic heterocycles. The summed E-state index contributed by atoms with van der Waals surface area (Å²) in [4.78, 5) is 11.1. The Kier molecular flexibility index (Phi) is 3.94. The summed E-state index contributed by atoms with van der Waals surface area (Å²) >= 11 is 0. The van der Waals surface area contributed by atoms with Crippen LogP contribution in [0.4, 0.5) is 5.69 Å². The highest BCUT2D eigenvalue weighted by Gasteiger charge is 2.05. The van der Waals surface area contributed by atoms with E-state index in [2.05, 4.69) is 0 Å². The van der Waals surface area contributed by atoms with Crippen molar-refractivity contribution in [1.29, 1.82) is 0 Å². The van der Waals surface area contributed by atoms with E-state index in [0.29, 0.717) is 17.9 Å². The quantitative estimate of drug-likeness (QED) is 0.838. The standard InChI is InChI=1S/C16H18N2O2/c1-10-6-11(2)15(8-14(10)17)20-9-12-4-3-5-13(7-12)16(18)19/h3-8H,9,17H2,1-2H3,(H2,18,19). The molecule has 0 unspecified atom stereocenters. The Hall–Kier alpha value is -2.49. The molecular formula is C16H18N2O2. The molecule has 4 heteroatoms. The zero-order chi connectivity index (χ0) is 14.7. The Balaban J connectivity index is 2.15. The summed E-state index contributed by atoms with van der Waals surface area (Å²) in [5, 5.41) is 0. The van der Waals surface area contributed by atoms with Crippen molar-refractivity contribution in [2.45, 2.75) is 20.5 Å². The molecule has 4 nitrogen and oxygen atoms in total. The SMILES string of the molecule is Cc1cc(C)c(OCc2cccc(C(N)=O)c2)cc1N. The van der Waals surface area contributed by atoms with E-state index < -0.39 is 5.91 Å². The van der Waals surface area contributed by atoms with Gasteiger partial charge in [0.05, 0.1) is 0 Å². The normalized spacial score (nSPS) is 10.3. The summed E-state index contributed by atoms with van der Waals surface area (Å²) in [5.74, 6) is 0.306. The molecule has 0 fully saturated rings. The Bertz CT molecular complexity index is 651. The van der Waals surface area contributed by atoms with Gasteiger partial charge in [-0.1, -0.05) is 18.2 Å². The van der Waals surface area contributed by atoms with Gasteiger partial charge >= 0.3 is 0 Å². The molecule has 1 amide bonds. The highest BCUT2D eigenvalue weighted by molar-refractivity contribution is 5.92. The maximum atomic E-state index is 11.1. The predicted octanol–water partition coefficient (Wildman–Crippen LogP) is 2.56. The maximum absolute atomic E-state index is 11.1. The summed E-state index contributed by atoms with van der Waals surface area (Å²) in [5.41, 5.74) is 15.3. The molecule has 0 heterocycles. The fourth-order valence-electron chi connectivity index (χ4n) is 1.98. The number of anilines is 1. The molecule has 0 saturated carbocycles. The third-order valence-corrected chi connectivity index (χ3v) is 3.17. The summed E-state index contributed by atoms with van der Waals surface area (Å²) in [6.07, 6.45) is 0. The number of ether oxygens (including phenoxy) is 1. The van der Waals surface area contributed by atoms with Gasteiger partial charge < -0.3 is 16.2 Å². The molecule has 0 aliphatic rings. The number of benzene rings is 2. The fourth-order valence-corrected chi connectivity index (χ4v) is 1.98. The number of hydrogen-bond acceptors (Lipinski definition) is 3. The van der Waals surface area contributed by atoms with Crippen LogP contribution in [-0.4, -0.2) is 5.91 Å². The van der Waals surface area contributed by atoms with E-state index in [1.54, 1.807) is 18.2 Å². The molecule has 0 aromatic heterocycles. The van der Waals surface area contributed by atoms with Crippen molar-refractivity contribution in [3.05, 3.63) is 58.7 Å². The lowest BCUT2D eigenvalue weighted by Gasteiger charge is -2.12. The molecule has 2 aromatic carbocycles. The number of carbonyl (C=O) groups excluding carboxylic acids is 1. The van der Waals surface area contributed by atoms with Gasteiger partial charge in [0.15, 0.2) is 0 Å². The zero-order valence-electron chi connectivity index (χ0n) is 11.6. The van der Waals surface area contributed by atoms with Crippen molar-refractivity contribution in [3.63, 3.8) is 0 Å². The number of amides is 1. The topological polar surface area (TPSA) is 78.3 Å². The molecule has 0 spiro atoms. The van der Waals surface area contributed by atoms with Crippen LogP contribution in [0.1, 0.15) is 27.0 Å². The van der Waals surface area contributed by atoms with Crippen molar-refractivity contribution < 1.29 is 9.53 Å². The number of nitrogen functional groups attached to an aromatic ring is 1. The van der Waals surface area contributed by atoms with E-state index >= 15 is 0 Å². The van der Waals surface area contributed by atoms with Crippen LogP contribution in [-0.2, 0) is 6.61 Å². The Morgan fingerprint density at radius 1 is 1.15 bits per heavy atom. The number of hydrogen-bond donors (Lipinski definition) is 2. The van der Waals surface area contributed by atoms with E-state index in [4.69, 9.17) is 16.2 Å². The van der Waals surface area contributed by atoms with E-state index in [-0.39, 0.29) is 0 Å². The molecule has 4 N–H and O–H groups in total. The number of primary amides is 1. The van der Waals surface area contributed by atoms with Crippen LogP contribution in [0.25, 0.3) is 0 Å². The molecule has 0 aliphatic carbocycles. The predicted molar refractivity (Wildman–Crippen MR) is 79.6 cm³/mol. The average Bonchev–Trinajstić information content (AvgIpc) is 2.41. The van der Waals surface area contributed by atoms with Crippen molar-refractivity contribution in [3.8, 4) is 5.75 Å². The lowest BCUT2D eigenvalue weighted by Crippen LogP contribution is -2.11. The second-order valence-corrected chi connectivity index (χ2v) is 4.83. The van der Waals surface area contributed by atoms with Crippen LogP contribution in [0.15, 0.2) is 36.4 Å². The van der Waals surface area contributed by atoms with Gasteiger partial charge in [0.2, 0.25) is 5.91 Å². The van der Waals surface area contributed by atoms with Crippen LogP contribution in [0.5, 0.6) is 5.75 Å². The molecule has 2 rings (SSSR count). The lowest BCUT2D eigenvalue weighted by molar-refractivity contribution is 0.1000. The van der Waals surface area contributed by atoms with Gasteiger partial charge in [0, 0.05) is 17.3 Å². The first-order valence-electron chi connectivity index (χ1n) is 6.35. The van der Waals surface area contributed by atoms with E-state index in [1.165, 1.54) is 0 Å². The molecule has 0 bridgehead atoms.